The number of carbonyl (C=O) groups is 2. The van der Waals surface area contributed by atoms with Gasteiger partial charge in [0.2, 0.25) is 5.78 Å². The van der Waals surface area contributed by atoms with Crippen molar-refractivity contribution in [3.8, 4) is 5.75 Å². The van der Waals surface area contributed by atoms with Crippen LogP contribution in [0.3, 0.4) is 0 Å². The molecule has 0 aliphatic rings. The highest BCUT2D eigenvalue weighted by atomic mass is 16.5. The van der Waals surface area contributed by atoms with Gasteiger partial charge in [0.1, 0.15) is 5.75 Å². The summed E-state index contributed by atoms with van der Waals surface area (Å²) < 4.78 is 5.52. The van der Waals surface area contributed by atoms with E-state index in [0.29, 0.717) is 11.3 Å². The first-order chi connectivity index (χ1) is 9.58. The number of ether oxygens (including phenoxy) is 1. The highest BCUT2D eigenvalue weighted by Gasteiger charge is 2.16. The van der Waals surface area contributed by atoms with E-state index in [1.807, 2.05) is 6.07 Å². The molecule has 4 heteroatoms. The van der Waals surface area contributed by atoms with Crippen molar-refractivity contribution in [1.29, 1.82) is 0 Å². The van der Waals surface area contributed by atoms with E-state index in [-0.39, 0.29) is 11.3 Å². The average Bonchev–Trinajstić information content (AvgIpc) is 2.48. The minimum atomic E-state index is -0.995. The van der Waals surface area contributed by atoms with Gasteiger partial charge in [-0.3, -0.25) is 4.79 Å². The molecule has 0 saturated heterocycles. The topological polar surface area (TPSA) is 63.6 Å². The third-order valence-corrected chi connectivity index (χ3v) is 2.84. The molecule has 2 aromatic carbocycles. The summed E-state index contributed by atoms with van der Waals surface area (Å²) in [7, 11) is 0. The van der Waals surface area contributed by atoms with Crippen LogP contribution in [0.4, 0.5) is 0 Å². The van der Waals surface area contributed by atoms with Gasteiger partial charge < -0.3 is 9.84 Å². The largest absolute Gasteiger partial charge is 0.483 e. The van der Waals surface area contributed by atoms with Crippen LogP contribution in [0.5, 0.6) is 5.75 Å². The van der Waals surface area contributed by atoms with Crippen molar-refractivity contribution in [2.24, 2.45) is 0 Å². The van der Waals surface area contributed by atoms with Gasteiger partial charge in [-0.2, -0.15) is 0 Å². The third-order valence-electron chi connectivity index (χ3n) is 2.84. The molecule has 0 aliphatic carbocycles. The number of Topliss-reactive ketones (excluding diaryl/α,β-unsaturated/α-hetero) is 1. The average molecular weight is 270 g/mol. The standard InChI is InChI=1S/C16H14O4/c1-11(15(17)12-5-3-2-4-6-12)20-14-9-7-13(8-10-14)16(18)19/h2-11H,1H3,(H,18,19). The molecule has 0 radical (unpaired) electrons. The van der Waals surface area contributed by atoms with Crippen LogP contribution in [0.2, 0.25) is 0 Å². The predicted octanol–water partition coefficient (Wildman–Crippen LogP) is 3.04. The normalized spacial score (nSPS) is 11.7. The molecule has 2 rings (SSSR count). The van der Waals surface area contributed by atoms with Crippen molar-refractivity contribution < 1.29 is 19.4 Å². The molecule has 0 spiro atoms. The Morgan fingerprint density at radius 3 is 2.10 bits per heavy atom. The van der Waals surface area contributed by atoms with Gasteiger partial charge >= 0.3 is 5.97 Å². The molecule has 102 valence electrons. The van der Waals surface area contributed by atoms with Crippen LogP contribution in [-0.2, 0) is 0 Å². The van der Waals surface area contributed by atoms with Crippen molar-refractivity contribution in [2.75, 3.05) is 0 Å². The lowest BCUT2D eigenvalue weighted by molar-refractivity contribution is 0.0695. The van der Waals surface area contributed by atoms with Crippen molar-refractivity contribution >= 4 is 11.8 Å². The Kier molecular flexibility index (Phi) is 4.15. The molecule has 0 aromatic heterocycles. The number of carbonyl (C=O) groups excluding carboxylic acids is 1. The first kappa shape index (κ1) is 13.8. The SMILES string of the molecule is CC(Oc1ccc(C(=O)O)cc1)C(=O)c1ccccc1. The number of benzene rings is 2. The molecule has 1 N–H and O–H groups in total. The number of hydrogen-bond donors (Lipinski definition) is 1. The van der Waals surface area contributed by atoms with Gasteiger partial charge in [-0.15, -0.1) is 0 Å². The summed E-state index contributed by atoms with van der Waals surface area (Å²) in [6.45, 7) is 1.67. The van der Waals surface area contributed by atoms with Gasteiger partial charge in [-0.25, -0.2) is 4.79 Å². The molecular formula is C16H14O4. The molecule has 0 heterocycles. The Labute approximate surface area is 116 Å². The fraction of sp³-hybridized carbons (Fsp3) is 0.125. The van der Waals surface area contributed by atoms with Crippen LogP contribution in [0.1, 0.15) is 27.6 Å². The van der Waals surface area contributed by atoms with Crippen LogP contribution in [0.15, 0.2) is 54.6 Å². The Morgan fingerprint density at radius 2 is 1.55 bits per heavy atom. The van der Waals surface area contributed by atoms with E-state index in [9.17, 15) is 9.59 Å². The molecule has 0 bridgehead atoms. The molecule has 1 atom stereocenters. The highest BCUT2D eigenvalue weighted by molar-refractivity contribution is 5.99. The highest BCUT2D eigenvalue weighted by Crippen LogP contribution is 2.16. The molecular weight excluding hydrogens is 256 g/mol. The Morgan fingerprint density at radius 1 is 0.950 bits per heavy atom. The van der Waals surface area contributed by atoms with Crippen LogP contribution >= 0.6 is 0 Å². The van der Waals surface area contributed by atoms with Gasteiger partial charge in [0.25, 0.3) is 0 Å². The monoisotopic (exact) mass is 270 g/mol. The zero-order chi connectivity index (χ0) is 14.5. The summed E-state index contributed by atoms with van der Waals surface area (Å²) in [5.74, 6) is -0.648. The molecule has 0 saturated carbocycles. The van der Waals surface area contributed by atoms with Crippen LogP contribution in [0.25, 0.3) is 0 Å². The second kappa shape index (κ2) is 6.02. The lowest BCUT2D eigenvalue weighted by Crippen LogP contribution is -2.23. The second-order valence-corrected chi connectivity index (χ2v) is 4.32. The summed E-state index contributed by atoms with van der Waals surface area (Å²) in [6, 6.07) is 14.9. The smallest absolute Gasteiger partial charge is 0.335 e. The summed E-state index contributed by atoms with van der Waals surface area (Å²) in [6.07, 6.45) is -0.631. The van der Waals surface area contributed by atoms with E-state index in [0.717, 1.165) is 0 Å². The van der Waals surface area contributed by atoms with Gasteiger partial charge in [-0.1, -0.05) is 30.3 Å². The minimum Gasteiger partial charge on any atom is -0.483 e. The lowest BCUT2D eigenvalue weighted by atomic mass is 10.1. The predicted molar refractivity (Wildman–Crippen MR) is 74.3 cm³/mol. The molecule has 0 aliphatic heterocycles. The minimum absolute atomic E-state index is 0.118. The van der Waals surface area contributed by atoms with E-state index in [1.165, 1.54) is 24.3 Å². The van der Waals surface area contributed by atoms with E-state index in [4.69, 9.17) is 9.84 Å². The number of rotatable bonds is 5. The fourth-order valence-corrected chi connectivity index (χ4v) is 1.77. The fourth-order valence-electron chi connectivity index (χ4n) is 1.77. The first-order valence-corrected chi connectivity index (χ1v) is 6.17. The van der Waals surface area contributed by atoms with Crippen LogP contribution in [0, 0.1) is 0 Å². The van der Waals surface area contributed by atoms with Gasteiger partial charge in [-0.05, 0) is 31.2 Å². The second-order valence-electron chi connectivity index (χ2n) is 4.32. The Balaban J connectivity index is 2.06. The van der Waals surface area contributed by atoms with Gasteiger partial charge in [0, 0.05) is 5.56 Å². The molecule has 0 fully saturated rings. The number of hydrogen-bond acceptors (Lipinski definition) is 3. The zero-order valence-corrected chi connectivity index (χ0v) is 10.9. The van der Waals surface area contributed by atoms with Crippen LogP contribution < -0.4 is 4.74 Å². The number of ketones is 1. The van der Waals surface area contributed by atoms with Crippen molar-refractivity contribution in [1.82, 2.24) is 0 Å². The van der Waals surface area contributed by atoms with E-state index in [1.54, 1.807) is 31.2 Å². The zero-order valence-electron chi connectivity index (χ0n) is 10.9. The van der Waals surface area contributed by atoms with Gasteiger partial charge in [0.05, 0.1) is 5.56 Å². The van der Waals surface area contributed by atoms with E-state index in [2.05, 4.69) is 0 Å². The van der Waals surface area contributed by atoms with Crippen LogP contribution in [-0.4, -0.2) is 23.0 Å². The molecule has 1 unspecified atom stereocenters. The van der Waals surface area contributed by atoms with Gasteiger partial charge in [0.15, 0.2) is 6.10 Å². The summed E-state index contributed by atoms with van der Waals surface area (Å²) in [5.41, 5.74) is 0.765. The molecule has 20 heavy (non-hydrogen) atoms. The molecule has 0 amide bonds. The van der Waals surface area contributed by atoms with Crippen molar-refractivity contribution in [3.63, 3.8) is 0 Å². The summed E-state index contributed by atoms with van der Waals surface area (Å²) in [4.78, 5) is 22.8. The first-order valence-electron chi connectivity index (χ1n) is 6.17. The van der Waals surface area contributed by atoms with Crippen molar-refractivity contribution in [2.45, 2.75) is 13.0 Å². The summed E-state index contributed by atoms with van der Waals surface area (Å²) in [5, 5.41) is 8.80. The maximum Gasteiger partial charge on any atom is 0.335 e. The van der Waals surface area contributed by atoms with Crippen molar-refractivity contribution in [3.05, 3.63) is 65.7 Å². The number of aromatic carboxylic acids is 1. The number of carboxylic acids is 1. The Bertz CT molecular complexity index is 602. The lowest BCUT2D eigenvalue weighted by Gasteiger charge is -2.13. The Hall–Kier alpha value is -2.62. The maximum absolute atomic E-state index is 12.1. The third kappa shape index (κ3) is 3.23. The van der Waals surface area contributed by atoms with E-state index >= 15 is 0 Å². The van der Waals surface area contributed by atoms with E-state index < -0.39 is 12.1 Å². The summed E-state index contributed by atoms with van der Waals surface area (Å²) >= 11 is 0. The molecule has 4 nitrogen and oxygen atoms in total. The quantitative estimate of drug-likeness (QED) is 0.848. The molecule has 2 aromatic rings. The number of carboxylic acid groups (broad SMARTS) is 1. The maximum atomic E-state index is 12.1.